The Bertz CT molecular complexity index is 371. The van der Waals surface area contributed by atoms with Gasteiger partial charge >= 0.3 is 5.97 Å². The number of benzene rings is 1. The van der Waals surface area contributed by atoms with E-state index in [1.54, 1.807) is 21.0 Å². The number of nitrogens with two attached hydrogens (primary N) is 1. The molecule has 17 heavy (non-hydrogen) atoms. The number of methoxy groups -OCH3 is 1. The molecule has 94 valence electrons. The first kappa shape index (κ1) is 13.5. The fourth-order valence-corrected chi connectivity index (χ4v) is 1.15. The summed E-state index contributed by atoms with van der Waals surface area (Å²) in [7, 11) is 1.61. The summed E-state index contributed by atoms with van der Waals surface area (Å²) in [6.45, 7) is 4.06. The van der Waals surface area contributed by atoms with Crippen LogP contribution >= 0.6 is 0 Å². The highest BCUT2D eigenvalue weighted by Crippen LogP contribution is 2.17. The van der Waals surface area contributed by atoms with Crippen molar-refractivity contribution in [1.82, 2.24) is 0 Å². The van der Waals surface area contributed by atoms with E-state index in [9.17, 15) is 4.79 Å². The van der Waals surface area contributed by atoms with Crippen molar-refractivity contribution >= 4 is 5.97 Å². The molecule has 0 unspecified atom stereocenters. The summed E-state index contributed by atoms with van der Waals surface area (Å²) < 4.78 is 10.2. The number of hydrogen-bond acceptors (Lipinski definition) is 4. The second-order valence-electron chi connectivity index (χ2n) is 4.51. The minimum atomic E-state index is -0.632. The molecule has 0 heterocycles. The molecule has 0 aliphatic rings. The normalized spacial score (nSPS) is 11.1. The lowest BCUT2D eigenvalue weighted by atomic mass is 9.94. The Labute approximate surface area is 102 Å². The van der Waals surface area contributed by atoms with Crippen molar-refractivity contribution in [3.05, 3.63) is 29.8 Å². The fraction of sp³-hybridized carbons (Fsp3) is 0.462. The first-order chi connectivity index (χ1) is 7.99. The summed E-state index contributed by atoms with van der Waals surface area (Å²) in [4.78, 5) is 11.7. The van der Waals surface area contributed by atoms with Crippen LogP contribution in [0.25, 0.3) is 0 Å². The van der Waals surface area contributed by atoms with Crippen molar-refractivity contribution in [2.75, 3.05) is 13.7 Å². The molecule has 0 saturated carbocycles. The van der Waals surface area contributed by atoms with Gasteiger partial charge < -0.3 is 15.2 Å². The predicted molar refractivity (Wildman–Crippen MR) is 65.6 cm³/mol. The lowest BCUT2D eigenvalue weighted by Gasteiger charge is -2.20. The molecular formula is C13H19NO3. The molecule has 0 aromatic heterocycles. The van der Waals surface area contributed by atoms with Crippen LogP contribution in [0.2, 0.25) is 0 Å². The van der Waals surface area contributed by atoms with Crippen molar-refractivity contribution in [2.45, 2.75) is 20.5 Å². The molecule has 0 radical (unpaired) electrons. The zero-order chi connectivity index (χ0) is 12.9. The van der Waals surface area contributed by atoms with Crippen LogP contribution in [0, 0.1) is 5.41 Å². The SMILES string of the molecule is COc1ccc(COC(=O)C(C)(C)CN)cc1. The first-order valence-corrected chi connectivity index (χ1v) is 5.50. The Hall–Kier alpha value is -1.55. The molecule has 0 aliphatic heterocycles. The number of hydrogen-bond donors (Lipinski definition) is 1. The lowest BCUT2D eigenvalue weighted by molar-refractivity contribution is -0.154. The average molecular weight is 237 g/mol. The van der Waals surface area contributed by atoms with Gasteiger partial charge in [-0.3, -0.25) is 4.79 Å². The Morgan fingerprint density at radius 3 is 2.35 bits per heavy atom. The standard InChI is InChI=1S/C13H19NO3/c1-13(2,9-14)12(15)17-8-10-4-6-11(16-3)7-5-10/h4-7H,8-9,14H2,1-3H3. The van der Waals surface area contributed by atoms with E-state index in [2.05, 4.69) is 0 Å². The third kappa shape index (κ3) is 3.75. The summed E-state index contributed by atoms with van der Waals surface area (Å²) in [5, 5.41) is 0. The van der Waals surface area contributed by atoms with Gasteiger partial charge in [0.05, 0.1) is 12.5 Å². The van der Waals surface area contributed by atoms with Crippen molar-refractivity contribution < 1.29 is 14.3 Å². The highest BCUT2D eigenvalue weighted by atomic mass is 16.5. The third-order valence-corrected chi connectivity index (χ3v) is 2.59. The molecule has 1 aromatic carbocycles. The van der Waals surface area contributed by atoms with Crippen LogP contribution in [0.15, 0.2) is 24.3 Å². The Kier molecular flexibility index (Phi) is 4.52. The zero-order valence-corrected chi connectivity index (χ0v) is 10.5. The monoisotopic (exact) mass is 237 g/mol. The molecule has 4 heteroatoms. The number of rotatable bonds is 5. The molecule has 4 nitrogen and oxygen atoms in total. The van der Waals surface area contributed by atoms with Gasteiger partial charge in [-0.05, 0) is 31.5 Å². The number of ether oxygens (including phenoxy) is 2. The van der Waals surface area contributed by atoms with E-state index in [1.165, 1.54) is 0 Å². The highest BCUT2D eigenvalue weighted by Gasteiger charge is 2.27. The van der Waals surface area contributed by atoms with Gasteiger partial charge in [0.2, 0.25) is 0 Å². The molecular weight excluding hydrogens is 218 g/mol. The van der Waals surface area contributed by atoms with Gasteiger partial charge in [0, 0.05) is 6.54 Å². The second-order valence-corrected chi connectivity index (χ2v) is 4.51. The molecule has 0 atom stereocenters. The third-order valence-electron chi connectivity index (χ3n) is 2.59. The van der Waals surface area contributed by atoms with Crippen LogP contribution in [-0.4, -0.2) is 19.6 Å². The van der Waals surface area contributed by atoms with E-state index in [-0.39, 0.29) is 19.1 Å². The molecule has 1 rings (SSSR count). The molecule has 1 aromatic rings. The minimum Gasteiger partial charge on any atom is -0.497 e. The van der Waals surface area contributed by atoms with Gasteiger partial charge in [0.1, 0.15) is 12.4 Å². The van der Waals surface area contributed by atoms with Crippen LogP contribution in [0.4, 0.5) is 0 Å². The van der Waals surface area contributed by atoms with E-state index >= 15 is 0 Å². The van der Waals surface area contributed by atoms with Crippen LogP contribution in [0.3, 0.4) is 0 Å². The van der Waals surface area contributed by atoms with Crippen LogP contribution < -0.4 is 10.5 Å². The molecule has 2 N–H and O–H groups in total. The van der Waals surface area contributed by atoms with E-state index in [4.69, 9.17) is 15.2 Å². The maximum Gasteiger partial charge on any atom is 0.313 e. The van der Waals surface area contributed by atoms with E-state index in [0.717, 1.165) is 11.3 Å². The fourth-order valence-electron chi connectivity index (χ4n) is 1.15. The quantitative estimate of drug-likeness (QED) is 0.792. The summed E-state index contributed by atoms with van der Waals surface area (Å²) in [5.41, 5.74) is 5.79. The van der Waals surface area contributed by atoms with Crippen molar-refractivity contribution in [3.8, 4) is 5.75 Å². The summed E-state index contributed by atoms with van der Waals surface area (Å²) in [5.74, 6) is 0.498. The lowest BCUT2D eigenvalue weighted by Crippen LogP contribution is -2.34. The van der Waals surface area contributed by atoms with Crippen LogP contribution in [0.1, 0.15) is 19.4 Å². The van der Waals surface area contributed by atoms with E-state index in [1.807, 2.05) is 24.3 Å². The molecule has 0 amide bonds. The Balaban J connectivity index is 2.53. The molecule has 0 aliphatic carbocycles. The highest BCUT2D eigenvalue weighted by molar-refractivity contribution is 5.76. The van der Waals surface area contributed by atoms with Crippen molar-refractivity contribution in [2.24, 2.45) is 11.1 Å². The van der Waals surface area contributed by atoms with E-state index in [0.29, 0.717) is 0 Å². The second kappa shape index (κ2) is 5.68. The summed E-state index contributed by atoms with van der Waals surface area (Å²) in [6, 6.07) is 7.39. The van der Waals surface area contributed by atoms with E-state index < -0.39 is 5.41 Å². The van der Waals surface area contributed by atoms with Gasteiger partial charge in [0.25, 0.3) is 0 Å². The van der Waals surface area contributed by atoms with Crippen molar-refractivity contribution in [1.29, 1.82) is 0 Å². The maximum absolute atomic E-state index is 11.7. The van der Waals surface area contributed by atoms with Gasteiger partial charge in [-0.1, -0.05) is 12.1 Å². The van der Waals surface area contributed by atoms with Gasteiger partial charge in [-0.15, -0.1) is 0 Å². The molecule has 0 spiro atoms. The number of carbonyl (C=O) groups excluding carboxylic acids is 1. The smallest absolute Gasteiger partial charge is 0.313 e. The van der Waals surface area contributed by atoms with Crippen LogP contribution in [-0.2, 0) is 16.1 Å². The zero-order valence-electron chi connectivity index (χ0n) is 10.5. The number of carbonyl (C=O) groups is 1. The van der Waals surface area contributed by atoms with Gasteiger partial charge in [0.15, 0.2) is 0 Å². The molecule has 0 bridgehead atoms. The topological polar surface area (TPSA) is 61.5 Å². The maximum atomic E-state index is 11.7. The Morgan fingerprint density at radius 2 is 1.88 bits per heavy atom. The number of esters is 1. The predicted octanol–water partition coefficient (Wildman–Crippen LogP) is 1.72. The summed E-state index contributed by atoms with van der Waals surface area (Å²) >= 11 is 0. The minimum absolute atomic E-state index is 0.256. The summed E-state index contributed by atoms with van der Waals surface area (Å²) in [6.07, 6.45) is 0. The molecule has 0 saturated heterocycles. The Morgan fingerprint density at radius 1 is 1.29 bits per heavy atom. The largest absolute Gasteiger partial charge is 0.497 e. The van der Waals surface area contributed by atoms with Gasteiger partial charge in [-0.2, -0.15) is 0 Å². The molecule has 0 fully saturated rings. The first-order valence-electron chi connectivity index (χ1n) is 5.50. The van der Waals surface area contributed by atoms with Gasteiger partial charge in [-0.25, -0.2) is 0 Å². The van der Waals surface area contributed by atoms with Crippen LogP contribution in [0.5, 0.6) is 5.75 Å². The van der Waals surface area contributed by atoms with Crippen molar-refractivity contribution in [3.63, 3.8) is 0 Å². The average Bonchev–Trinajstić information content (AvgIpc) is 2.36.